The predicted molar refractivity (Wildman–Crippen MR) is 46.0 cm³/mol. The average molecular weight is 185 g/mol. The SMILES string of the molecule is OCc1csc(C2CCCO2)n1. The van der Waals surface area contributed by atoms with Crippen LogP contribution >= 0.6 is 11.3 Å². The van der Waals surface area contributed by atoms with E-state index in [1.54, 1.807) is 11.3 Å². The van der Waals surface area contributed by atoms with Gasteiger partial charge in [-0.05, 0) is 12.8 Å². The van der Waals surface area contributed by atoms with Crippen LogP contribution in [0.3, 0.4) is 0 Å². The largest absolute Gasteiger partial charge is 0.390 e. The zero-order valence-electron chi connectivity index (χ0n) is 6.69. The summed E-state index contributed by atoms with van der Waals surface area (Å²) in [5.41, 5.74) is 0.755. The lowest BCUT2D eigenvalue weighted by Crippen LogP contribution is -1.95. The highest BCUT2D eigenvalue weighted by Crippen LogP contribution is 2.30. The lowest BCUT2D eigenvalue weighted by atomic mass is 10.2. The van der Waals surface area contributed by atoms with Crippen LogP contribution in [0.15, 0.2) is 5.38 Å². The number of hydrogen-bond donors (Lipinski definition) is 1. The van der Waals surface area contributed by atoms with Crippen LogP contribution in [0, 0.1) is 0 Å². The molecule has 1 fully saturated rings. The summed E-state index contributed by atoms with van der Waals surface area (Å²) in [7, 11) is 0. The van der Waals surface area contributed by atoms with Crippen molar-refractivity contribution < 1.29 is 9.84 Å². The summed E-state index contributed by atoms with van der Waals surface area (Å²) in [6.07, 6.45) is 2.38. The Morgan fingerprint density at radius 1 is 1.75 bits per heavy atom. The molecule has 0 aliphatic carbocycles. The maximum Gasteiger partial charge on any atom is 0.122 e. The minimum absolute atomic E-state index is 0.0310. The normalized spacial score (nSPS) is 23.2. The Hall–Kier alpha value is -0.450. The van der Waals surface area contributed by atoms with Gasteiger partial charge in [-0.2, -0.15) is 0 Å². The van der Waals surface area contributed by atoms with Crippen molar-refractivity contribution in [3.63, 3.8) is 0 Å². The van der Waals surface area contributed by atoms with Crippen molar-refractivity contribution in [2.24, 2.45) is 0 Å². The highest BCUT2D eigenvalue weighted by molar-refractivity contribution is 7.09. The van der Waals surface area contributed by atoms with Crippen LogP contribution in [0.5, 0.6) is 0 Å². The number of aliphatic hydroxyl groups excluding tert-OH is 1. The molecule has 2 rings (SSSR count). The van der Waals surface area contributed by atoms with Gasteiger partial charge in [0.05, 0.1) is 12.3 Å². The van der Waals surface area contributed by atoms with E-state index in [1.807, 2.05) is 5.38 Å². The first-order valence-electron chi connectivity index (χ1n) is 4.07. The van der Waals surface area contributed by atoms with Crippen molar-refractivity contribution >= 4 is 11.3 Å². The van der Waals surface area contributed by atoms with E-state index >= 15 is 0 Å². The lowest BCUT2D eigenvalue weighted by Gasteiger charge is -2.03. The van der Waals surface area contributed by atoms with Crippen LogP contribution in [0.4, 0.5) is 0 Å². The summed E-state index contributed by atoms with van der Waals surface area (Å²) >= 11 is 1.58. The fraction of sp³-hybridized carbons (Fsp3) is 0.625. The molecule has 1 N–H and O–H groups in total. The quantitative estimate of drug-likeness (QED) is 0.759. The molecule has 1 atom stereocenters. The van der Waals surface area contributed by atoms with Gasteiger partial charge in [0, 0.05) is 12.0 Å². The predicted octanol–water partition coefficient (Wildman–Crippen LogP) is 1.49. The number of hydrogen-bond acceptors (Lipinski definition) is 4. The molecule has 0 amide bonds. The standard InChI is InChI=1S/C8H11NO2S/c10-4-6-5-12-8(9-6)7-2-1-3-11-7/h5,7,10H,1-4H2. The smallest absolute Gasteiger partial charge is 0.122 e. The number of rotatable bonds is 2. The van der Waals surface area contributed by atoms with Gasteiger partial charge < -0.3 is 9.84 Å². The van der Waals surface area contributed by atoms with Gasteiger partial charge in [-0.25, -0.2) is 4.98 Å². The van der Waals surface area contributed by atoms with E-state index in [0.29, 0.717) is 0 Å². The second-order valence-electron chi connectivity index (χ2n) is 2.84. The van der Waals surface area contributed by atoms with Crippen molar-refractivity contribution in [2.75, 3.05) is 6.61 Å². The molecule has 2 heterocycles. The summed E-state index contributed by atoms with van der Waals surface area (Å²) < 4.78 is 5.46. The van der Waals surface area contributed by atoms with E-state index in [9.17, 15) is 0 Å². The maximum absolute atomic E-state index is 8.80. The Morgan fingerprint density at radius 2 is 2.67 bits per heavy atom. The van der Waals surface area contributed by atoms with Crippen LogP contribution in [-0.4, -0.2) is 16.7 Å². The summed E-state index contributed by atoms with van der Waals surface area (Å²) in [4.78, 5) is 4.25. The van der Waals surface area contributed by atoms with Crippen molar-refractivity contribution in [1.29, 1.82) is 0 Å². The van der Waals surface area contributed by atoms with Crippen molar-refractivity contribution in [3.8, 4) is 0 Å². The highest BCUT2D eigenvalue weighted by Gasteiger charge is 2.20. The molecule has 1 aromatic heterocycles. The molecule has 1 unspecified atom stereocenters. The minimum Gasteiger partial charge on any atom is -0.390 e. The molecule has 0 saturated carbocycles. The minimum atomic E-state index is 0.0310. The van der Waals surface area contributed by atoms with Gasteiger partial charge in [0.1, 0.15) is 11.1 Å². The number of ether oxygens (including phenoxy) is 1. The van der Waals surface area contributed by atoms with Crippen LogP contribution in [0.25, 0.3) is 0 Å². The van der Waals surface area contributed by atoms with Crippen molar-refractivity contribution in [2.45, 2.75) is 25.6 Å². The van der Waals surface area contributed by atoms with Crippen molar-refractivity contribution in [1.82, 2.24) is 4.98 Å². The fourth-order valence-corrected chi connectivity index (χ4v) is 2.21. The third-order valence-electron chi connectivity index (χ3n) is 1.94. The zero-order valence-corrected chi connectivity index (χ0v) is 7.51. The van der Waals surface area contributed by atoms with E-state index in [2.05, 4.69) is 4.98 Å². The van der Waals surface area contributed by atoms with Gasteiger partial charge in [-0.15, -0.1) is 11.3 Å². The molecule has 1 aliphatic rings. The van der Waals surface area contributed by atoms with E-state index in [4.69, 9.17) is 9.84 Å². The number of aromatic nitrogens is 1. The van der Waals surface area contributed by atoms with Gasteiger partial charge >= 0.3 is 0 Å². The zero-order chi connectivity index (χ0) is 8.39. The Labute approximate surface area is 75.0 Å². The third-order valence-corrected chi connectivity index (χ3v) is 2.92. The number of nitrogens with zero attached hydrogens (tertiary/aromatic N) is 1. The van der Waals surface area contributed by atoms with Gasteiger partial charge in [0.15, 0.2) is 0 Å². The van der Waals surface area contributed by atoms with Crippen LogP contribution in [0.2, 0.25) is 0 Å². The second kappa shape index (κ2) is 3.51. The summed E-state index contributed by atoms with van der Waals surface area (Å²) in [5.74, 6) is 0. The molecule has 4 heteroatoms. The van der Waals surface area contributed by atoms with Crippen molar-refractivity contribution in [3.05, 3.63) is 16.1 Å². The molecule has 12 heavy (non-hydrogen) atoms. The molecule has 0 spiro atoms. The molecule has 66 valence electrons. The van der Waals surface area contributed by atoms with E-state index in [-0.39, 0.29) is 12.7 Å². The molecule has 3 nitrogen and oxygen atoms in total. The third kappa shape index (κ3) is 1.50. The van der Waals surface area contributed by atoms with E-state index < -0.39 is 0 Å². The highest BCUT2D eigenvalue weighted by atomic mass is 32.1. The first-order valence-corrected chi connectivity index (χ1v) is 4.95. The van der Waals surface area contributed by atoms with Gasteiger partial charge in [-0.3, -0.25) is 0 Å². The molecular weight excluding hydrogens is 174 g/mol. The molecular formula is C8H11NO2S. The first-order chi connectivity index (χ1) is 5.90. The summed E-state index contributed by atoms with van der Waals surface area (Å²) in [6, 6.07) is 0. The Morgan fingerprint density at radius 3 is 3.25 bits per heavy atom. The van der Waals surface area contributed by atoms with Gasteiger partial charge in [-0.1, -0.05) is 0 Å². The first kappa shape index (κ1) is 8.16. The van der Waals surface area contributed by atoms with Gasteiger partial charge in [0.25, 0.3) is 0 Å². The van der Waals surface area contributed by atoms with Crippen LogP contribution in [0.1, 0.15) is 29.6 Å². The van der Waals surface area contributed by atoms with E-state index in [1.165, 1.54) is 0 Å². The van der Waals surface area contributed by atoms with Gasteiger partial charge in [0.2, 0.25) is 0 Å². The monoisotopic (exact) mass is 185 g/mol. The lowest BCUT2D eigenvalue weighted by molar-refractivity contribution is 0.111. The molecule has 1 aromatic rings. The fourth-order valence-electron chi connectivity index (χ4n) is 1.32. The Bertz CT molecular complexity index is 255. The van der Waals surface area contributed by atoms with Crippen LogP contribution in [-0.2, 0) is 11.3 Å². The maximum atomic E-state index is 8.80. The van der Waals surface area contributed by atoms with Crippen LogP contribution < -0.4 is 0 Å². The molecule has 0 bridgehead atoms. The summed E-state index contributed by atoms with van der Waals surface area (Å²) in [5, 5.41) is 11.7. The number of aliphatic hydroxyl groups is 1. The Kier molecular flexibility index (Phi) is 2.39. The average Bonchev–Trinajstić information content (AvgIpc) is 2.75. The topological polar surface area (TPSA) is 42.4 Å². The summed E-state index contributed by atoms with van der Waals surface area (Å²) in [6.45, 7) is 0.877. The molecule has 0 radical (unpaired) electrons. The van der Waals surface area contributed by atoms with E-state index in [0.717, 1.165) is 30.2 Å². The molecule has 1 aliphatic heterocycles. The Balaban J connectivity index is 2.11. The molecule has 1 saturated heterocycles. The second-order valence-corrected chi connectivity index (χ2v) is 3.73. The number of thiazole rings is 1. The molecule has 0 aromatic carbocycles.